The molecule has 0 radical (unpaired) electrons. The zero-order valence-electron chi connectivity index (χ0n) is 30.6. The van der Waals surface area contributed by atoms with Crippen LogP contribution in [0.15, 0.2) is 72.3 Å². The van der Waals surface area contributed by atoms with Gasteiger partial charge in [-0.2, -0.15) is 0 Å². The number of rotatable bonds is 14. The van der Waals surface area contributed by atoms with E-state index >= 15 is 0 Å². The summed E-state index contributed by atoms with van der Waals surface area (Å²) in [5, 5.41) is 12.9. The van der Waals surface area contributed by atoms with E-state index in [1.54, 1.807) is 71.3 Å². The molecule has 0 saturated carbocycles. The summed E-state index contributed by atoms with van der Waals surface area (Å²) in [7, 11) is 4.80. The number of nitrogens with one attached hydrogen (secondary N) is 1. The quantitative estimate of drug-likeness (QED) is 0.219. The van der Waals surface area contributed by atoms with Crippen LogP contribution in [0.1, 0.15) is 61.5 Å². The lowest BCUT2D eigenvalue weighted by Gasteiger charge is -2.34. The Kier molecular flexibility index (Phi) is 13.9. The summed E-state index contributed by atoms with van der Waals surface area (Å²) in [5.41, 5.74) is 1.29. The molecule has 5 atom stereocenters. The number of benzene rings is 2. The van der Waals surface area contributed by atoms with Crippen molar-refractivity contribution in [3.05, 3.63) is 89.0 Å². The van der Waals surface area contributed by atoms with E-state index in [0.29, 0.717) is 5.56 Å². The van der Waals surface area contributed by atoms with Crippen molar-refractivity contribution in [1.82, 2.24) is 15.1 Å². The summed E-state index contributed by atoms with van der Waals surface area (Å²) in [5.74, 6) is -2.29. The van der Waals surface area contributed by atoms with Crippen molar-refractivity contribution in [3.8, 4) is 0 Å². The third-order valence-electron chi connectivity index (χ3n) is 8.56. The molecule has 0 bridgehead atoms. The first kappa shape index (κ1) is 39.9. The Labute approximate surface area is 304 Å². The van der Waals surface area contributed by atoms with Gasteiger partial charge in [0.2, 0.25) is 17.7 Å². The highest BCUT2D eigenvalue weighted by Crippen LogP contribution is 2.32. The molecule has 0 spiro atoms. The van der Waals surface area contributed by atoms with E-state index in [2.05, 4.69) is 5.32 Å². The van der Waals surface area contributed by atoms with Gasteiger partial charge in [-0.3, -0.25) is 19.2 Å². The van der Waals surface area contributed by atoms with Crippen LogP contribution in [0.25, 0.3) is 6.08 Å². The number of hydrogen-bond donors (Lipinski definition) is 2. The van der Waals surface area contributed by atoms with Crippen molar-refractivity contribution < 1.29 is 48.0 Å². The van der Waals surface area contributed by atoms with Gasteiger partial charge in [0.1, 0.15) is 36.7 Å². The lowest BCUT2D eigenvalue weighted by atomic mass is 9.90. The van der Waals surface area contributed by atoms with Gasteiger partial charge in [0.25, 0.3) is 0 Å². The maximum atomic E-state index is 14.1. The monoisotopic (exact) mass is 719 g/mol. The van der Waals surface area contributed by atoms with Crippen LogP contribution in [0.3, 0.4) is 0 Å². The van der Waals surface area contributed by atoms with Crippen LogP contribution < -0.4 is 5.32 Å². The van der Waals surface area contributed by atoms with E-state index < -0.39 is 66.4 Å². The van der Waals surface area contributed by atoms with E-state index in [-0.39, 0.29) is 49.5 Å². The van der Waals surface area contributed by atoms with E-state index in [1.165, 1.54) is 22.9 Å². The lowest BCUT2D eigenvalue weighted by Crippen LogP contribution is -2.53. The van der Waals surface area contributed by atoms with Gasteiger partial charge in [0, 0.05) is 52.1 Å². The van der Waals surface area contributed by atoms with E-state index in [0.717, 1.165) is 5.56 Å². The van der Waals surface area contributed by atoms with Crippen molar-refractivity contribution in [2.75, 3.05) is 34.5 Å². The molecule has 2 aliphatic rings. The van der Waals surface area contributed by atoms with Gasteiger partial charge in [-0.1, -0.05) is 42.5 Å². The van der Waals surface area contributed by atoms with Crippen LogP contribution in [0.5, 0.6) is 0 Å². The second-order valence-corrected chi connectivity index (χ2v) is 14.0. The Bertz CT molecular complexity index is 1650. The second-order valence-electron chi connectivity index (χ2n) is 14.0. The molecule has 0 aromatic heterocycles. The van der Waals surface area contributed by atoms with Crippen LogP contribution in [0.4, 0.5) is 0 Å². The SMILES string of the molecule is CN(C)C(=O)C=Cc1cccc(C(=O)OC2CC(C(=O)N(C)C(Cc3ccccc3)C(=O)NC(CO)CCC(=O)OC(C)(C)C)=CC3OCOC32)c1. The number of aliphatic hydroxyl groups excluding tert-OH is 1. The summed E-state index contributed by atoms with van der Waals surface area (Å²) in [4.78, 5) is 68.4. The molecule has 2 N–H and O–H groups in total. The second kappa shape index (κ2) is 18.1. The van der Waals surface area contributed by atoms with Gasteiger partial charge in [0.15, 0.2) is 0 Å². The molecule has 2 aromatic carbocycles. The topological polar surface area (TPSA) is 161 Å². The maximum Gasteiger partial charge on any atom is 0.338 e. The molecule has 1 aliphatic heterocycles. The van der Waals surface area contributed by atoms with E-state index in [1.807, 2.05) is 30.3 Å². The van der Waals surface area contributed by atoms with Crippen molar-refractivity contribution >= 4 is 35.7 Å². The smallest absolute Gasteiger partial charge is 0.338 e. The van der Waals surface area contributed by atoms with Crippen molar-refractivity contribution in [3.63, 3.8) is 0 Å². The van der Waals surface area contributed by atoms with Gasteiger partial charge in [-0.15, -0.1) is 0 Å². The predicted octanol–water partition coefficient (Wildman–Crippen LogP) is 3.05. The largest absolute Gasteiger partial charge is 0.460 e. The molecule has 1 saturated heterocycles. The first-order valence-electron chi connectivity index (χ1n) is 17.2. The van der Waals surface area contributed by atoms with Gasteiger partial charge < -0.3 is 39.2 Å². The number of carbonyl (C=O) groups is 5. The Morgan fingerprint density at radius 2 is 1.75 bits per heavy atom. The maximum absolute atomic E-state index is 14.1. The number of nitrogens with zero attached hydrogens (tertiary/aromatic N) is 2. The first-order chi connectivity index (χ1) is 24.6. The average molecular weight is 720 g/mol. The molecule has 1 fully saturated rings. The fraction of sp³-hybridized carbons (Fsp3) is 0.462. The van der Waals surface area contributed by atoms with Gasteiger partial charge in [-0.25, -0.2) is 4.79 Å². The molecular formula is C39H49N3O10. The van der Waals surface area contributed by atoms with Crippen LogP contribution in [-0.2, 0) is 44.5 Å². The number of likely N-dealkylation sites (N-methyl/N-ethyl adjacent to an activating group) is 2. The third-order valence-corrected chi connectivity index (χ3v) is 8.56. The van der Waals surface area contributed by atoms with Crippen molar-refractivity contribution in [2.45, 2.75) is 82.5 Å². The summed E-state index contributed by atoms with van der Waals surface area (Å²) >= 11 is 0. The molecule has 280 valence electrons. The van der Waals surface area contributed by atoms with Crippen LogP contribution in [-0.4, -0.2) is 115 Å². The minimum atomic E-state index is -0.999. The Morgan fingerprint density at radius 1 is 1.02 bits per heavy atom. The summed E-state index contributed by atoms with van der Waals surface area (Å²) in [6, 6.07) is 14.1. The van der Waals surface area contributed by atoms with Crippen LogP contribution in [0, 0.1) is 0 Å². The van der Waals surface area contributed by atoms with Gasteiger partial charge in [0.05, 0.1) is 18.2 Å². The Morgan fingerprint density at radius 3 is 2.42 bits per heavy atom. The minimum Gasteiger partial charge on any atom is -0.460 e. The third kappa shape index (κ3) is 11.3. The molecular weight excluding hydrogens is 670 g/mol. The lowest BCUT2D eigenvalue weighted by molar-refractivity contribution is -0.155. The molecule has 52 heavy (non-hydrogen) atoms. The fourth-order valence-electron chi connectivity index (χ4n) is 5.81. The number of hydrogen-bond acceptors (Lipinski definition) is 10. The Hall–Kier alpha value is -4.85. The van der Waals surface area contributed by atoms with E-state index in [9.17, 15) is 29.1 Å². The standard InChI is InChI=1S/C39H49N3O10/c1-39(2,3)52-34(45)18-16-29(23-43)40-36(46)30(20-25-11-8-7-9-12-25)42(6)37(47)28-21-31-35(50-24-49-31)32(22-28)51-38(48)27-14-10-13-26(19-27)15-17-33(44)41(4)5/h7-15,17,19,21,29-32,35,43H,16,18,20,22-24H2,1-6H3,(H,40,46). The number of amides is 3. The number of carbonyl (C=O) groups excluding carboxylic acids is 5. The van der Waals surface area contributed by atoms with Crippen molar-refractivity contribution in [1.29, 1.82) is 0 Å². The molecule has 3 amide bonds. The Balaban J connectivity index is 1.50. The highest BCUT2D eigenvalue weighted by Gasteiger charge is 2.44. The zero-order valence-corrected chi connectivity index (χ0v) is 30.6. The average Bonchev–Trinajstić information content (AvgIpc) is 3.59. The summed E-state index contributed by atoms with van der Waals surface area (Å²) in [6.07, 6.45) is 2.75. The van der Waals surface area contributed by atoms with Crippen molar-refractivity contribution in [2.24, 2.45) is 0 Å². The molecule has 1 aliphatic carbocycles. The molecule has 5 unspecified atom stereocenters. The predicted molar refractivity (Wildman–Crippen MR) is 191 cm³/mol. The van der Waals surface area contributed by atoms with Gasteiger partial charge in [-0.05, 0) is 62.6 Å². The molecule has 2 aromatic rings. The van der Waals surface area contributed by atoms with Gasteiger partial charge >= 0.3 is 11.9 Å². The summed E-state index contributed by atoms with van der Waals surface area (Å²) < 4.78 is 22.8. The highest BCUT2D eigenvalue weighted by molar-refractivity contribution is 5.97. The minimum absolute atomic E-state index is 0.00516. The molecule has 1 heterocycles. The normalized spacial score (nSPS) is 19.5. The highest BCUT2D eigenvalue weighted by atomic mass is 16.7. The molecule has 13 heteroatoms. The summed E-state index contributed by atoms with van der Waals surface area (Å²) in [6.45, 7) is 4.80. The number of esters is 2. The van der Waals surface area contributed by atoms with Crippen LogP contribution >= 0.6 is 0 Å². The number of ether oxygens (including phenoxy) is 4. The first-order valence-corrected chi connectivity index (χ1v) is 17.2. The fourth-order valence-corrected chi connectivity index (χ4v) is 5.81. The number of fused-ring (bicyclic) bond motifs is 1. The number of aliphatic hydroxyl groups is 1. The van der Waals surface area contributed by atoms with E-state index in [4.69, 9.17) is 18.9 Å². The molecule has 13 nitrogen and oxygen atoms in total. The molecule has 4 rings (SSSR count). The van der Waals surface area contributed by atoms with Crippen LogP contribution in [0.2, 0.25) is 0 Å². The zero-order chi connectivity index (χ0) is 38.0.